The van der Waals surface area contributed by atoms with Gasteiger partial charge in [0.1, 0.15) is 0 Å². The van der Waals surface area contributed by atoms with Crippen LogP contribution in [0.3, 0.4) is 0 Å². The maximum absolute atomic E-state index is 13.3. The molecule has 4 aliphatic rings. The van der Waals surface area contributed by atoms with Gasteiger partial charge < -0.3 is 10.0 Å². The van der Waals surface area contributed by atoms with Gasteiger partial charge >= 0.3 is 0 Å². The molecule has 0 aromatic heterocycles. The van der Waals surface area contributed by atoms with Crippen LogP contribution in [-0.4, -0.2) is 35.1 Å². The zero-order valence-electron chi connectivity index (χ0n) is 14.3. The monoisotopic (exact) mass is 293 g/mol. The van der Waals surface area contributed by atoms with E-state index in [4.69, 9.17) is 0 Å². The molecule has 2 unspecified atom stereocenters. The molecule has 1 N–H and O–H groups in total. The van der Waals surface area contributed by atoms with Crippen LogP contribution in [0.5, 0.6) is 0 Å². The van der Waals surface area contributed by atoms with Crippen LogP contribution in [0, 0.1) is 22.2 Å². The molecule has 120 valence electrons. The molecule has 21 heavy (non-hydrogen) atoms. The molecule has 0 aromatic rings. The molecule has 0 radical (unpaired) electrons. The number of likely N-dealkylation sites (N-methyl/N-ethyl adjacent to an activating group) is 1. The third-order valence-corrected chi connectivity index (χ3v) is 6.68. The third-order valence-electron chi connectivity index (χ3n) is 6.68. The van der Waals surface area contributed by atoms with E-state index in [0.29, 0.717) is 10.8 Å². The second kappa shape index (κ2) is 4.24. The molecule has 0 aliphatic heterocycles. The van der Waals surface area contributed by atoms with Crippen LogP contribution in [0.15, 0.2) is 0 Å². The number of hydrogen-bond acceptors (Lipinski definition) is 2. The maximum atomic E-state index is 13.3. The minimum Gasteiger partial charge on any atom is -0.394 e. The second-order valence-corrected chi connectivity index (χ2v) is 9.75. The minimum absolute atomic E-state index is 0.0171. The number of rotatable bonds is 3. The summed E-state index contributed by atoms with van der Waals surface area (Å²) in [5, 5.41) is 9.60. The Labute approximate surface area is 129 Å². The minimum atomic E-state index is -0.470. The zero-order valence-corrected chi connectivity index (χ0v) is 14.3. The Bertz CT molecular complexity index is 452. The van der Waals surface area contributed by atoms with E-state index in [2.05, 4.69) is 13.8 Å². The number of nitrogens with zero attached hydrogens (tertiary/aromatic N) is 1. The maximum Gasteiger partial charge on any atom is 0.229 e. The average Bonchev–Trinajstić information content (AvgIpc) is 2.32. The molecule has 4 fully saturated rings. The van der Waals surface area contributed by atoms with Crippen molar-refractivity contribution in [2.24, 2.45) is 22.2 Å². The van der Waals surface area contributed by atoms with Gasteiger partial charge in [0, 0.05) is 7.05 Å². The predicted molar refractivity (Wildman–Crippen MR) is 83.8 cm³/mol. The van der Waals surface area contributed by atoms with Crippen LogP contribution in [0.25, 0.3) is 0 Å². The lowest BCUT2D eigenvalue weighted by Gasteiger charge is -2.65. The number of aliphatic hydroxyl groups is 1. The van der Waals surface area contributed by atoms with Crippen molar-refractivity contribution >= 4 is 5.91 Å². The fourth-order valence-electron chi connectivity index (χ4n) is 6.42. The number of aliphatic hydroxyl groups excluding tert-OH is 1. The molecular formula is C18H31NO2. The van der Waals surface area contributed by atoms with Gasteiger partial charge in [-0.05, 0) is 69.1 Å². The smallest absolute Gasteiger partial charge is 0.229 e. The van der Waals surface area contributed by atoms with Crippen molar-refractivity contribution in [1.29, 1.82) is 0 Å². The molecule has 0 spiro atoms. The first-order valence-corrected chi connectivity index (χ1v) is 8.43. The van der Waals surface area contributed by atoms with Crippen molar-refractivity contribution in [3.8, 4) is 0 Å². The van der Waals surface area contributed by atoms with Crippen molar-refractivity contribution in [3.05, 3.63) is 0 Å². The van der Waals surface area contributed by atoms with Gasteiger partial charge in [0.05, 0.1) is 17.6 Å². The Morgan fingerprint density at radius 1 is 1.14 bits per heavy atom. The number of hydrogen-bond donors (Lipinski definition) is 1. The van der Waals surface area contributed by atoms with Gasteiger partial charge in [0.15, 0.2) is 0 Å². The molecule has 1 amide bonds. The van der Waals surface area contributed by atoms with Crippen LogP contribution in [-0.2, 0) is 4.79 Å². The highest BCUT2D eigenvalue weighted by Gasteiger charge is 2.63. The standard InChI is InChI=1S/C18H31NO2/c1-15(2,12-20)19(5)14(21)18-8-13-6-16(3,10-18)9-17(4,7-13)11-18/h13,20H,6-12H2,1-5H3. The molecule has 3 heteroatoms. The normalized spacial score (nSPS) is 45.0. The Kier molecular flexibility index (Phi) is 3.10. The Balaban J connectivity index is 1.93. The molecule has 4 saturated carbocycles. The predicted octanol–water partition coefficient (Wildman–Crippen LogP) is 3.21. The van der Waals surface area contributed by atoms with Gasteiger partial charge in [-0.15, -0.1) is 0 Å². The lowest BCUT2D eigenvalue weighted by molar-refractivity contribution is -0.183. The van der Waals surface area contributed by atoms with E-state index >= 15 is 0 Å². The summed E-state index contributed by atoms with van der Waals surface area (Å²) in [6.07, 6.45) is 7.09. The van der Waals surface area contributed by atoms with E-state index < -0.39 is 5.54 Å². The Morgan fingerprint density at radius 3 is 2.10 bits per heavy atom. The van der Waals surface area contributed by atoms with Crippen LogP contribution in [0.1, 0.15) is 66.2 Å². The summed E-state index contributed by atoms with van der Waals surface area (Å²) in [4.78, 5) is 15.1. The summed E-state index contributed by atoms with van der Waals surface area (Å²) >= 11 is 0. The van der Waals surface area contributed by atoms with E-state index in [0.717, 1.165) is 25.2 Å². The summed E-state index contributed by atoms with van der Waals surface area (Å²) in [5.41, 5.74) is 0.0778. The second-order valence-electron chi connectivity index (χ2n) is 9.75. The molecule has 0 saturated heterocycles. The zero-order chi connectivity index (χ0) is 15.7. The van der Waals surface area contributed by atoms with Crippen LogP contribution >= 0.6 is 0 Å². The first-order chi connectivity index (χ1) is 9.53. The SMILES string of the molecule is CN(C(=O)C12CC3CC(C)(CC(C)(C3)C1)C2)C(C)(C)CO. The summed E-state index contributed by atoms with van der Waals surface area (Å²) < 4.78 is 0. The summed E-state index contributed by atoms with van der Waals surface area (Å²) in [7, 11) is 1.88. The van der Waals surface area contributed by atoms with E-state index in [-0.39, 0.29) is 17.9 Å². The fourth-order valence-corrected chi connectivity index (χ4v) is 6.42. The highest BCUT2D eigenvalue weighted by molar-refractivity contribution is 5.84. The van der Waals surface area contributed by atoms with Gasteiger partial charge in [-0.2, -0.15) is 0 Å². The third kappa shape index (κ3) is 2.23. The van der Waals surface area contributed by atoms with Gasteiger partial charge in [0.25, 0.3) is 0 Å². The number of carbonyl (C=O) groups excluding carboxylic acids is 1. The molecular weight excluding hydrogens is 262 g/mol. The van der Waals surface area contributed by atoms with Crippen molar-refractivity contribution < 1.29 is 9.90 Å². The lowest BCUT2D eigenvalue weighted by Crippen LogP contribution is -2.62. The van der Waals surface area contributed by atoms with Gasteiger partial charge in [-0.3, -0.25) is 4.79 Å². The van der Waals surface area contributed by atoms with Crippen molar-refractivity contribution in [2.45, 2.75) is 71.8 Å². The molecule has 4 rings (SSSR count). The van der Waals surface area contributed by atoms with E-state index in [1.807, 2.05) is 25.8 Å². The van der Waals surface area contributed by atoms with Gasteiger partial charge in [-0.1, -0.05) is 13.8 Å². The summed E-state index contributed by atoms with van der Waals surface area (Å²) in [5.74, 6) is 1.01. The molecule has 4 aliphatic carbocycles. The Hall–Kier alpha value is -0.570. The Morgan fingerprint density at radius 2 is 1.67 bits per heavy atom. The first kappa shape index (κ1) is 15.3. The van der Waals surface area contributed by atoms with Crippen LogP contribution in [0.4, 0.5) is 0 Å². The molecule has 4 bridgehead atoms. The summed E-state index contributed by atoms with van der Waals surface area (Å²) in [6, 6.07) is 0. The average molecular weight is 293 g/mol. The molecule has 0 aromatic carbocycles. The van der Waals surface area contributed by atoms with Crippen LogP contribution in [0.2, 0.25) is 0 Å². The first-order valence-electron chi connectivity index (χ1n) is 8.43. The summed E-state index contributed by atoms with van der Waals surface area (Å²) in [6.45, 7) is 8.72. The van der Waals surface area contributed by atoms with Gasteiger partial charge in [-0.25, -0.2) is 0 Å². The topological polar surface area (TPSA) is 40.5 Å². The van der Waals surface area contributed by atoms with Crippen molar-refractivity contribution in [1.82, 2.24) is 4.90 Å². The highest BCUT2D eigenvalue weighted by atomic mass is 16.3. The number of amides is 1. The fraction of sp³-hybridized carbons (Fsp3) is 0.944. The number of carbonyl (C=O) groups is 1. The molecule has 2 atom stereocenters. The quantitative estimate of drug-likeness (QED) is 0.868. The van der Waals surface area contributed by atoms with Crippen LogP contribution < -0.4 is 0 Å². The van der Waals surface area contributed by atoms with Crippen molar-refractivity contribution in [3.63, 3.8) is 0 Å². The highest BCUT2D eigenvalue weighted by Crippen LogP contribution is 2.69. The molecule has 3 nitrogen and oxygen atoms in total. The van der Waals surface area contributed by atoms with E-state index in [9.17, 15) is 9.90 Å². The van der Waals surface area contributed by atoms with E-state index in [1.54, 1.807) is 0 Å². The van der Waals surface area contributed by atoms with Crippen molar-refractivity contribution in [2.75, 3.05) is 13.7 Å². The lowest BCUT2D eigenvalue weighted by atomic mass is 9.40. The van der Waals surface area contributed by atoms with E-state index in [1.165, 1.54) is 19.3 Å². The molecule has 0 heterocycles. The van der Waals surface area contributed by atoms with Gasteiger partial charge in [0.2, 0.25) is 5.91 Å². The largest absolute Gasteiger partial charge is 0.394 e.